The fraction of sp³-hybridized carbons (Fsp3) is 0.0556. The molecule has 0 aliphatic rings. The molecule has 0 bridgehead atoms. The van der Waals surface area contributed by atoms with Crippen molar-refractivity contribution in [3.8, 4) is 0 Å². The second kappa shape index (κ2) is 7.75. The number of benzene rings is 2. The number of aromatic nitrogens is 1. The van der Waals surface area contributed by atoms with Crippen LogP contribution in [0.3, 0.4) is 0 Å². The first-order valence-corrected chi connectivity index (χ1v) is 8.50. The predicted octanol–water partition coefficient (Wildman–Crippen LogP) is 4.49. The molecule has 0 radical (unpaired) electrons. The van der Waals surface area contributed by atoms with E-state index >= 15 is 0 Å². The van der Waals surface area contributed by atoms with Crippen molar-refractivity contribution >= 4 is 39.8 Å². The molecule has 8 heteroatoms. The maximum absolute atomic E-state index is 12.9. The number of nitrogens with zero attached hydrogens (tertiary/aromatic N) is 1. The number of urea groups is 1. The Kier molecular flexibility index (Phi) is 5.23. The molecule has 3 amide bonds. The van der Waals surface area contributed by atoms with Crippen molar-refractivity contribution in [1.82, 2.24) is 4.98 Å². The maximum atomic E-state index is 12.9. The second-order valence-corrected chi connectivity index (χ2v) is 6.34. The van der Waals surface area contributed by atoms with Crippen molar-refractivity contribution in [2.24, 2.45) is 0 Å². The van der Waals surface area contributed by atoms with Crippen molar-refractivity contribution < 1.29 is 14.0 Å². The van der Waals surface area contributed by atoms with Gasteiger partial charge in [0.15, 0.2) is 5.13 Å². The van der Waals surface area contributed by atoms with Gasteiger partial charge in [0.25, 0.3) is 5.91 Å². The molecule has 3 aromatic rings. The average Bonchev–Trinajstić information content (AvgIpc) is 2.98. The summed E-state index contributed by atoms with van der Waals surface area (Å²) >= 11 is 1.07. The SMILES string of the molecule is Cc1nc(NC(=O)Nc2ccc(F)cc2)sc1C(=O)Nc1ccccc1. The summed E-state index contributed by atoms with van der Waals surface area (Å²) in [5.41, 5.74) is 1.63. The van der Waals surface area contributed by atoms with Gasteiger partial charge >= 0.3 is 6.03 Å². The normalized spacial score (nSPS) is 10.2. The molecule has 0 atom stereocenters. The van der Waals surface area contributed by atoms with Crippen molar-refractivity contribution in [2.45, 2.75) is 6.92 Å². The van der Waals surface area contributed by atoms with Crippen LogP contribution in [0.1, 0.15) is 15.4 Å². The summed E-state index contributed by atoms with van der Waals surface area (Å²) in [6.07, 6.45) is 0. The molecule has 0 fully saturated rings. The van der Waals surface area contributed by atoms with Crippen molar-refractivity contribution in [3.05, 3.63) is 71.0 Å². The number of amides is 3. The Bertz CT molecular complexity index is 926. The molecule has 1 heterocycles. The standard InChI is InChI=1S/C18H15FN4O2S/c1-11-15(16(24)21-13-5-3-2-4-6-13)26-18(20-11)23-17(25)22-14-9-7-12(19)8-10-14/h2-10H,1H3,(H,21,24)(H2,20,22,23,25). The number of nitrogens with one attached hydrogen (secondary N) is 3. The first-order valence-electron chi connectivity index (χ1n) is 7.68. The number of para-hydroxylation sites is 1. The molecule has 0 aliphatic heterocycles. The van der Waals surface area contributed by atoms with Gasteiger partial charge in [-0.2, -0.15) is 0 Å². The van der Waals surface area contributed by atoms with Gasteiger partial charge in [0.05, 0.1) is 5.69 Å². The van der Waals surface area contributed by atoms with E-state index in [4.69, 9.17) is 0 Å². The lowest BCUT2D eigenvalue weighted by Gasteiger charge is -2.05. The highest BCUT2D eigenvalue weighted by Gasteiger charge is 2.17. The first-order chi connectivity index (χ1) is 12.5. The Morgan fingerprint density at radius 1 is 0.923 bits per heavy atom. The third-order valence-corrected chi connectivity index (χ3v) is 4.43. The summed E-state index contributed by atoms with van der Waals surface area (Å²) in [6.45, 7) is 1.69. The first kappa shape index (κ1) is 17.6. The molecule has 3 N–H and O–H groups in total. The van der Waals surface area contributed by atoms with Gasteiger partial charge in [-0.15, -0.1) is 0 Å². The molecular weight excluding hydrogens is 355 g/mol. The number of carbonyl (C=O) groups is 2. The van der Waals surface area contributed by atoms with Gasteiger partial charge in [0.1, 0.15) is 10.7 Å². The molecule has 0 saturated heterocycles. The van der Waals surface area contributed by atoms with E-state index in [1.165, 1.54) is 24.3 Å². The van der Waals surface area contributed by atoms with Crippen LogP contribution in [0.5, 0.6) is 0 Å². The van der Waals surface area contributed by atoms with E-state index in [0.29, 0.717) is 27.1 Å². The number of hydrogen-bond donors (Lipinski definition) is 3. The largest absolute Gasteiger partial charge is 0.325 e. The minimum atomic E-state index is -0.527. The molecular formula is C18H15FN4O2S. The van der Waals surface area contributed by atoms with Gasteiger partial charge in [-0.1, -0.05) is 29.5 Å². The van der Waals surface area contributed by atoms with Crippen molar-refractivity contribution in [1.29, 1.82) is 0 Å². The highest BCUT2D eigenvalue weighted by molar-refractivity contribution is 7.17. The third kappa shape index (κ3) is 4.42. The summed E-state index contributed by atoms with van der Waals surface area (Å²) in [7, 11) is 0. The minimum absolute atomic E-state index is 0.292. The molecule has 0 aliphatic carbocycles. The smallest absolute Gasteiger partial charge is 0.321 e. The van der Waals surface area contributed by atoms with Gasteiger partial charge in [-0.3, -0.25) is 10.1 Å². The summed E-state index contributed by atoms with van der Waals surface area (Å²) in [6, 6.07) is 13.9. The predicted molar refractivity (Wildman–Crippen MR) is 100 cm³/mol. The van der Waals surface area contributed by atoms with Gasteiger partial charge in [-0.25, -0.2) is 14.2 Å². The van der Waals surface area contributed by atoms with Crippen molar-refractivity contribution in [3.63, 3.8) is 0 Å². The zero-order chi connectivity index (χ0) is 18.5. The highest BCUT2D eigenvalue weighted by Crippen LogP contribution is 2.24. The minimum Gasteiger partial charge on any atom is -0.321 e. The molecule has 3 rings (SSSR count). The Hall–Kier alpha value is -3.26. The molecule has 0 spiro atoms. The number of halogens is 1. The quantitative estimate of drug-likeness (QED) is 0.633. The summed E-state index contributed by atoms with van der Waals surface area (Å²) < 4.78 is 12.9. The van der Waals surface area contributed by atoms with E-state index in [-0.39, 0.29) is 11.7 Å². The second-order valence-electron chi connectivity index (χ2n) is 5.34. The van der Waals surface area contributed by atoms with Crippen LogP contribution in [-0.4, -0.2) is 16.9 Å². The average molecular weight is 370 g/mol. The summed E-state index contributed by atoms with van der Waals surface area (Å²) in [4.78, 5) is 29.0. The number of anilines is 3. The summed E-state index contributed by atoms with van der Waals surface area (Å²) in [5.74, 6) is -0.682. The highest BCUT2D eigenvalue weighted by atomic mass is 32.1. The zero-order valence-corrected chi connectivity index (χ0v) is 14.6. The Balaban J connectivity index is 1.64. The lowest BCUT2D eigenvalue weighted by molar-refractivity contribution is 0.103. The number of aryl methyl sites for hydroxylation is 1. The number of hydrogen-bond acceptors (Lipinski definition) is 4. The van der Waals surface area contributed by atoms with Gasteiger partial charge in [-0.05, 0) is 43.3 Å². The third-order valence-electron chi connectivity index (χ3n) is 3.36. The van der Waals surface area contributed by atoms with Gasteiger partial charge < -0.3 is 10.6 Å². The van der Waals surface area contributed by atoms with Crippen LogP contribution in [0.4, 0.5) is 25.7 Å². The molecule has 1 aromatic heterocycles. The van der Waals surface area contributed by atoms with Crippen LogP contribution >= 0.6 is 11.3 Å². The van der Waals surface area contributed by atoms with E-state index in [1.807, 2.05) is 18.2 Å². The van der Waals surface area contributed by atoms with Crippen LogP contribution in [0.25, 0.3) is 0 Å². The Labute approximate surface area is 153 Å². The molecule has 132 valence electrons. The van der Waals surface area contributed by atoms with Crippen LogP contribution in [0.2, 0.25) is 0 Å². The number of rotatable bonds is 4. The van der Waals surface area contributed by atoms with Crippen LogP contribution in [0.15, 0.2) is 54.6 Å². The van der Waals surface area contributed by atoms with Crippen LogP contribution < -0.4 is 16.0 Å². The number of thiazole rings is 1. The van der Waals surface area contributed by atoms with E-state index in [1.54, 1.807) is 19.1 Å². The molecule has 26 heavy (non-hydrogen) atoms. The lowest BCUT2D eigenvalue weighted by atomic mass is 10.3. The maximum Gasteiger partial charge on any atom is 0.325 e. The molecule has 6 nitrogen and oxygen atoms in total. The Morgan fingerprint density at radius 2 is 1.58 bits per heavy atom. The van der Waals surface area contributed by atoms with E-state index in [2.05, 4.69) is 20.9 Å². The van der Waals surface area contributed by atoms with E-state index in [0.717, 1.165) is 11.3 Å². The lowest BCUT2D eigenvalue weighted by Crippen LogP contribution is -2.19. The fourth-order valence-electron chi connectivity index (χ4n) is 2.16. The Morgan fingerprint density at radius 3 is 2.27 bits per heavy atom. The van der Waals surface area contributed by atoms with Gasteiger partial charge in [0, 0.05) is 11.4 Å². The zero-order valence-electron chi connectivity index (χ0n) is 13.7. The van der Waals surface area contributed by atoms with E-state index in [9.17, 15) is 14.0 Å². The topological polar surface area (TPSA) is 83.1 Å². The van der Waals surface area contributed by atoms with E-state index < -0.39 is 6.03 Å². The number of carbonyl (C=O) groups excluding carboxylic acids is 2. The fourth-order valence-corrected chi connectivity index (χ4v) is 3.02. The van der Waals surface area contributed by atoms with Crippen LogP contribution in [-0.2, 0) is 0 Å². The van der Waals surface area contributed by atoms with Gasteiger partial charge in [0.2, 0.25) is 0 Å². The molecule has 0 unspecified atom stereocenters. The summed E-state index contributed by atoms with van der Waals surface area (Å²) in [5, 5.41) is 8.20. The molecule has 0 saturated carbocycles. The van der Waals surface area contributed by atoms with Crippen molar-refractivity contribution in [2.75, 3.05) is 16.0 Å². The monoisotopic (exact) mass is 370 g/mol. The van der Waals surface area contributed by atoms with Crippen LogP contribution in [0, 0.1) is 12.7 Å². The molecule has 2 aromatic carbocycles.